The maximum atomic E-state index is 9.99. The van der Waals surface area contributed by atoms with E-state index < -0.39 is 125 Å². The largest absolute Gasteiger partial charge is 0.458 e. The molecule has 10 aromatic carbocycles. The number of fused-ring (bicyclic) bond motifs is 10. The van der Waals surface area contributed by atoms with Gasteiger partial charge in [-0.05, 0) is 139 Å². The Kier molecular flexibility index (Phi) is 11.3. The highest BCUT2D eigenvalue weighted by Gasteiger charge is 2.44. The van der Waals surface area contributed by atoms with E-state index in [1.807, 2.05) is 36.4 Å². The van der Waals surface area contributed by atoms with Crippen molar-refractivity contribution in [1.29, 1.82) is 0 Å². The second-order valence-electron chi connectivity index (χ2n) is 33.6. The molecule has 6 heterocycles. The molecule has 6 nitrogen and oxygen atoms in total. The molecule has 2 aliphatic rings. The van der Waals surface area contributed by atoms with Gasteiger partial charge in [0.25, 0.3) is 6.71 Å². The van der Waals surface area contributed by atoms with Gasteiger partial charge in [-0.3, -0.25) is 9.97 Å². The number of hydrogen-bond acceptors (Lipinski definition) is 4. The Bertz CT molecular complexity index is 6370. The molecule has 0 saturated carbocycles. The highest BCUT2D eigenvalue weighted by molar-refractivity contribution is 6.99. The van der Waals surface area contributed by atoms with Crippen LogP contribution in [0.25, 0.3) is 99.5 Å². The van der Waals surface area contributed by atoms with Crippen molar-refractivity contribution < 1.29 is 26.7 Å². The maximum Gasteiger partial charge on any atom is 0.256 e. The van der Waals surface area contributed by atoms with Crippen molar-refractivity contribution >= 4 is 83.8 Å². The van der Waals surface area contributed by atoms with Crippen LogP contribution in [-0.2, 0) is 32.5 Å². The van der Waals surface area contributed by atoms with Crippen molar-refractivity contribution in [1.82, 2.24) is 19.1 Å². The summed E-state index contributed by atoms with van der Waals surface area (Å²) >= 11 is 0. The van der Waals surface area contributed by atoms with Gasteiger partial charge in [-0.2, -0.15) is 0 Å². The molecule has 0 unspecified atom stereocenters. The summed E-state index contributed by atoms with van der Waals surface area (Å²) < 4.78 is 161. The second kappa shape index (κ2) is 23.2. The van der Waals surface area contributed by atoms with Gasteiger partial charge in [-0.15, -0.1) is 0 Å². The summed E-state index contributed by atoms with van der Waals surface area (Å²) in [5.41, 5.74) is 14.3. The number of aromatic nitrogens is 4. The maximum absolute atomic E-state index is 9.99. The fourth-order valence-electron chi connectivity index (χ4n) is 14.5. The third-order valence-electron chi connectivity index (χ3n) is 20.1. The molecule has 4 aromatic heterocycles. The summed E-state index contributed by atoms with van der Waals surface area (Å²) in [7, 11) is 0. The molecule has 14 aromatic rings. The SMILES string of the molecule is [2H]c1c([2H])c([2H])c2c(c1[2H])c1c([2H])c([2H])c([2H])c([2H])c1n2-c1cc2c3c(c1)N(c1c(-c4cc(C(C)(C)C)nc(C(C)(C)C)c4)cccc1-c1cc(C(C)(C)C)nc(C(C)(C)C)c1)c1cc(-c4cc(C(C)(C)C)cc(C(C)(C)C)c4)ccc1B3c1ccc(-c3ccccc3-n3c4c([2H])c([2H])c([2H])c([2H])c4c4c([2H])c([2H])c([2H])c([2H])c43)cc1O2. The van der Waals surface area contributed by atoms with E-state index in [-0.39, 0.29) is 65.9 Å². The van der Waals surface area contributed by atoms with Crippen molar-refractivity contribution in [3.05, 3.63) is 264 Å². The fraction of sp³-hybridized carbons (Fsp3) is 0.255. The number of pyridine rings is 2. The van der Waals surface area contributed by atoms with Crippen LogP contribution in [0.2, 0.25) is 0 Å². The van der Waals surface area contributed by atoms with Crippen LogP contribution >= 0.6 is 0 Å². The van der Waals surface area contributed by atoms with Crippen LogP contribution < -0.4 is 26.0 Å². The molecular weight excluding hydrogens is 1230 g/mol. The predicted molar refractivity (Wildman–Crippen MR) is 431 cm³/mol. The van der Waals surface area contributed by atoms with Crippen molar-refractivity contribution in [3.63, 3.8) is 0 Å². The molecule has 502 valence electrons. The first-order valence-corrected chi connectivity index (χ1v) is 34.9. The Balaban J connectivity index is 1.09. The average Bonchev–Trinajstić information content (AvgIpc) is 1.69. The lowest BCUT2D eigenvalue weighted by Crippen LogP contribution is -2.59. The first-order valence-electron chi connectivity index (χ1n) is 42.9. The van der Waals surface area contributed by atoms with Gasteiger partial charge >= 0.3 is 0 Å². The first-order chi connectivity index (χ1) is 54.5. The zero-order valence-corrected chi connectivity index (χ0v) is 60.9. The molecule has 0 fully saturated rings. The molecule has 2 aliphatic heterocycles. The molecule has 0 amide bonds. The Labute approximate surface area is 620 Å². The van der Waals surface area contributed by atoms with Gasteiger partial charge in [0.15, 0.2) is 0 Å². The van der Waals surface area contributed by atoms with E-state index in [1.165, 1.54) is 9.13 Å². The van der Waals surface area contributed by atoms with Gasteiger partial charge in [0.1, 0.15) is 11.5 Å². The molecule has 0 saturated heterocycles. The first kappa shape index (κ1) is 49.3. The van der Waals surface area contributed by atoms with Crippen molar-refractivity contribution in [2.75, 3.05) is 4.90 Å². The normalized spacial score (nSPS) is 15.7. The second-order valence-corrected chi connectivity index (χ2v) is 33.6. The zero-order valence-electron chi connectivity index (χ0n) is 76.9. The number of nitrogens with zero attached hydrogens (tertiary/aromatic N) is 5. The highest BCUT2D eigenvalue weighted by atomic mass is 16.5. The van der Waals surface area contributed by atoms with E-state index in [9.17, 15) is 13.7 Å². The predicted octanol–water partition coefficient (Wildman–Crippen LogP) is 23.5. The van der Waals surface area contributed by atoms with E-state index in [1.54, 1.807) is 18.2 Å². The van der Waals surface area contributed by atoms with Gasteiger partial charge < -0.3 is 18.8 Å². The van der Waals surface area contributed by atoms with E-state index in [0.29, 0.717) is 33.7 Å². The highest BCUT2D eigenvalue weighted by Crippen LogP contribution is 2.53. The van der Waals surface area contributed by atoms with Gasteiger partial charge in [0, 0.05) is 100 Å². The molecular formula is C94H92BN5O. The van der Waals surface area contributed by atoms with Gasteiger partial charge in [0.05, 0.1) is 61.1 Å². The topological polar surface area (TPSA) is 48.1 Å². The lowest BCUT2D eigenvalue weighted by molar-refractivity contribution is 0.487. The Hall–Kier alpha value is -10.2. The number of ether oxygens (including phenoxy) is 1. The van der Waals surface area contributed by atoms with Crippen LogP contribution in [0.3, 0.4) is 0 Å². The number of hydrogen-bond donors (Lipinski definition) is 0. The van der Waals surface area contributed by atoms with Crippen LogP contribution in [0.15, 0.2) is 230 Å². The Morgan fingerprint density at radius 2 is 0.772 bits per heavy atom. The zero-order chi connectivity index (χ0) is 84.7. The summed E-state index contributed by atoms with van der Waals surface area (Å²) in [6.45, 7) is 38.7. The van der Waals surface area contributed by atoms with Crippen molar-refractivity contribution in [2.24, 2.45) is 0 Å². The Morgan fingerprint density at radius 3 is 1.25 bits per heavy atom. The van der Waals surface area contributed by atoms with E-state index in [0.717, 1.165) is 89.6 Å². The minimum atomic E-state index is -0.697. The Morgan fingerprint density at radius 1 is 0.337 bits per heavy atom. The number of rotatable bonds is 7. The minimum absolute atomic E-state index is 0.0490. The van der Waals surface area contributed by atoms with E-state index >= 15 is 0 Å². The van der Waals surface area contributed by atoms with Gasteiger partial charge in [-0.25, -0.2) is 0 Å². The quantitative estimate of drug-likeness (QED) is 0.149. The molecule has 7 heteroatoms. The van der Waals surface area contributed by atoms with Gasteiger partial charge in [-0.1, -0.05) is 276 Å². The standard InChI is InChI=1S/C94H92BN5O/c1-89(2,3)62-46-59(47-63(54-62)90(4,5)6)57-42-44-72-79(48-57)100(88-66(60-50-83(91(7,8)9)96-84(51-60)92(10,11)12)35-29-36-67(88)61-52-85(93(13,14)15)97-86(53-61)94(16,17)18)80-55-64(98-75-38-25-20-31-68(75)69-32-21-26-39-76(69)98)56-82-87(80)95(72)73-45-43-58(49-81(73)101-82)65-30-19-24-37-74(65)99-77-40-27-22-33-70(77)71-34-23-28-41-78(71)99/h19-56H,1-18H3/i20D,21D,22D,23D,25D,26D,27D,28D,31D,32D,33D,34D,38D,39D,40D,41D. The van der Waals surface area contributed by atoms with Crippen molar-refractivity contribution in [3.8, 4) is 67.4 Å². The summed E-state index contributed by atoms with van der Waals surface area (Å²) in [5.74, 6) is 0.644. The average molecular weight is 1330 g/mol. The lowest BCUT2D eigenvalue weighted by atomic mass is 9.34. The summed E-state index contributed by atoms with van der Waals surface area (Å²) in [6.07, 6.45) is 0. The molecule has 101 heavy (non-hydrogen) atoms. The summed E-state index contributed by atoms with van der Waals surface area (Å²) in [5, 5.41) is -0.351. The van der Waals surface area contributed by atoms with E-state index in [4.69, 9.17) is 22.9 Å². The number of anilines is 3. The van der Waals surface area contributed by atoms with Crippen LogP contribution in [0.1, 0.15) is 180 Å². The van der Waals surface area contributed by atoms with Crippen LogP contribution in [0, 0.1) is 0 Å². The lowest BCUT2D eigenvalue weighted by Gasteiger charge is -2.42. The molecule has 0 spiro atoms. The minimum Gasteiger partial charge on any atom is -0.458 e. The van der Waals surface area contributed by atoms with Crippen molar-refractivity contribution in [2.45, 2.75) is 157 Å². The third kappa shape index (κ3) is 11.2. The molecule has 0 N–H and O–H groups in total. The molecule has 0 aliphatic carbocycles. The van der Waals surface area contributed by atoms with Crippen LogP contribution in [0.5, 0.6) is 11.5 Å². The monoisotopic (exact) mass is 1330 g/mol. The number of para-hydroxylation sites is 6. The molecule has 0 radical (unpaired) electrons. The molecule has 0 bridgehead atoms. The molecule has 16 rings (SSSR count). The van der Waals surface area contributed by atoms with Crippen LogP contribution in [0.4, 0.5) is 17.1 Å². The smallest absolute Gasteiger partial charge is 0.256 e. The number of benzene rings is 10. The fourth-order valence-corrected chi connectivity index (χ4v) is 14.5. The third-order valence-corrected chi connectivity index (χ3v) is 20.1. The van der Waals surface area contributed by atoms with Crippen LogP contribution in [-0.4, -0.2) is 25.8 Å². The summed E-state index contributed by atoms with van der Waals surface area (Å²) in [4.78, 5) is 13.2. The van der Waals surface area contributed by atoms with Gasteiger partial charge in [0.2, 0.25) is 0 Å². The summed E-state index contributed by atoms with van der Waals surface area (Å²) in [6, 6.07) is 37.2. The molecule has 0 atom stereocenters. The van der Waals surface area contributed by atoms with E-state index in [2.05, 4.69) is 208 Å².